The summed E-state index contributed by atoms with van der Waals surface area (Å²) in [7, 11) is 5.78. The van der Waals surface area contributed by atoms with Gasteiger partial charge in [0, 0.05) is 50.7 Å². The van der Waals surface area contributed by atoms with Crippen molar-refractivity contribution in [3.63, 3.8) is 0 Å². The Kier molecular flexibility index (Phi) is 6.20. The Bertz CT molecular complexity index is 662. The van der Waals surface area contributed by atoms with E-state index >= 15 is 0 Å². The molecular weight excluding hydrogens is 318 g/mol. The van der Waals surface area contributed by atoms with E-state index in [0.29, 0.717) is 6.54 Å². The van der Waals surface area contributed by atoms with Crippen molar-refractivity contribution < 1.29 is 0 Å². The monoisotopic (exact) mass is 345 g/mol. The molecule has 130 valence electrons. The number of anilines is 1. The molecule has 0 saturated carbocycles. The molecule has 0 unspecified atom stereocenters. The molecule has 2 aromatic rings. The van der Waals surface area contributed by atoms with Crippen molar-refractivity contribution in [1.29, 1.82) is 0 Å². The lowest BCUT2D eigenvalue weighted by Gasteiger charge is -2.25. The van der Waals surface area contributed by atoms with Crippen molar-refractivity contribution in [2.75, 3.05) is 32.6 Å². The molecule has 2 N–H and O–H groups in total. The van der Waals surface area contributed by atoms with Gasteiger partial charge in [0.2, 0.25) is 0 Å². The zero-order valence-electron chi connectivity index (χ0n) is 15.1. The minimum absolute atomic E-state index is 0.0700. The number of guanidine groups is 1. The van der Waals surface area contributed by atoms with E-state index in [1.54, 1.807) is 18.4 Å². The number of nitrogens with one attached hydrogen (secondary N) is 2. The van der Waals surface area contributed by atoms with Crippen LogP contribution in [0.15, 0.2) is 40.8 Å². The Morgan fingerprint density at radius 3 is 2.71 bits per heavy atom. The van der Waals surface area contributed by atoms with E-state index < -0.39 is 0 Å². The fraction of sp³-hybridized carbons (Fsp3) is 0.444. The lowest BCUT2D eigenvalue weighted by molar-refractivity contribution is 0.518. The molecule has 0 fully saturated rings. The van der Waals surface area contributed by atoms with Crippen LogP contribution in [0.2, 0.25) is 0 Å². The quantitative estimate of drug-likeness (QED) is 0.624. The maximum absolute atomic E-state index is 4.34. The van der Waals surface area contributed by atoms with Crippen molar-refractivity contribution in [3.8, 4) is 0 Å². The molecule has 0 aliphatic heterocycles. The van der Waals surface area contributed by atoms with Crippen LogP contribution < -0.4 is 15.5 Å². The number of rotatable bonds is 6. The van der Waals surface area contributed by atoms with Crippen molar-refractivity contribution in [2.45, 2.75) is 25.8 Å². The second kappa shape index (κ2) is 8.15. The SMILES string of the molecule is CN=C(NCc1ccnc(N(C)C)c1)NCC(C)(C)c1cccs1. The maximum atomic E-state index is 4.34. The minimum atomic E-state index is 0.0700. The highest BCUT2D eigenvalue weighted by Crippen LogP contribution is 2.26. The first-order valence-corrected chi connectivity index (χ1v) is 8.91. The third-order valence-electron chi connectivity index (χ3n) is 3.84. The van der Waals surface area contributed by atoms with Crippen molar-refractivity contribution >= 4 is 23.1 Å². The van der Waals surface area contributed by atoms with Crippen LogP contribution in [-0.2, 0) is 12.0 Å². The van der Waals surface area contributed by atoms with Crippen LogP contribution in [0.4, 0.5) is 5.82 Å². The van der Waals surface area contributed by atoms with Crippen LogP contribution in [-0.4, -0.2) is 38.6 Å². The van der Waals surface area contributed by atoms with Gasteiger partial charge in [-0.1, -0.05) is 19.9 Å². The zero-order chi connectivity index (χ0) is 17.6. The summed E-state index contributed by atoms with van der Waals surface area (Å²) in [6, 6.07) is 8.38. The summed E-state index contributed by atoms with van der Waals surface area (Å²) in [4.78, 5) is 12.0. The van der Waals surface area contributed by atoms with E-state index in [1.807, 2.05) is 31.3 Å². The number of thiophene rings is 1. The number of nitrogens with zero attached hydrogens (tertiary/aromatic N) is 3. The first kappa shape index (κ1) is 18.3. The molecule has 2 heterocycles. The van der Waals surface area contributed by atoms with Gasteiger partial charge in [-0.25, -0.2) is 4.98 Å². The Balaban J connectivity index is 1.90. The first-order chi connectivity index (χ1) is 11.4. The van der Waals surface area contributed by atoms with Crippen LogP contribution >= 0.6 is 11.3 Å². The van der Waals surface area contributed by atoms with Gasteiger partial charge in [-0.15, -0.1) is 11.3 Å². The number of hydrogen-bond donors (Lipinski definition) is 2. The molecule has 0 bridgehead atoms. The van der Waals surface area contributed by atoms with E-state index in [9.17, 15) is 0 Å². The summed E-state index contributed by atoms with van der Waals surface area (Å²) >= 11 is 1.79. The molecular formula is C18H27N5S. The molecule has 5 nitrogen and oxygen atoms in total. The standard InChI is InChI=1S/C18H27N5S/c1-18(2,15-7-6-10-24-15)13-22-17(19-3)21-12-14-8-9-20-16(11-14)23(4)5/h6-11H,12-13H2,1-5H3,(H2,19,21,22). The minimum Gasteiger partial charge on any atom is -0.363 e. The van der Waals surface area contributed by atoms with Gasteiger partial charge in [0.25, 0.3) is 0 Å². The molecule has 0 amide bonds. The predicted octanol–water partition coefficient (Wildman–Crippen LogP) is 2.85. The fourth-order valence-corrected chi connectivity index (χ4v) is 3.13. The van der Waals surface area contributed by atoms with Crippen LogP contribution in [0, 0.1) is 0 Å². The topological polar surface area (TPSA) is 52.6 Å². The number of hydrogen-bond acceptors (Lipinski definition) is 4. The van der Waals surface area contributed by atoms with Crippen molar-refractivity contribution in [2.24, 2.45) is 4.99 Å². The van der Waals surface area contributed by atoms with E-state index in [-0.39, 0.29) is 5.41 Å². The van der Waals surface area contributed by atoms with E-state index in [1.165, 1.54) is 10.4 Å². The van der Waals surface area contributed by atoms with Crippen LogP contribution in [0.5, 0.6) is 0 Å². The lowest BCUT2D eigenvalue weighted by Crippen LogP contribution is -2.42. The molecule has 0 spiro atoms. The number of pyridine rings is 1. The number of aliphatic imine (C=N–C) groups is 1. The average Bonchev–Trinajstić information content (AvgIpc) is 3.10. The maximum Gasteiger partial charge on any atom is 0.191 e. The Morgan fingerprint density at radius 1 is 1.29 bits per heavy atom. The third kappa shape index (κ3) is 4.96. The predicted molar refractivity (Wildman–Crippen MR) is 104 cm³/mol. The average molecular weight is 346 g/mol. The summed E-state index contributed by atoms with van der Waals surface area (Å²) in [5.41, 5.74) is 1.25. The molecule has 24 heavy (non-hydrogen) atoms. The molecule has 0 atom stereocenters. The molecule has 0 saturated heterocycles. The highest BCUT2D eigenvalue weighted by Gasteiger charge is 2.21. The molecule has 0 aliphatic rings. The van der Waals surface area contributed by atoms with Crippen molar-refractivity contribution in [3.05, 3.63) is 46.3 Å². The third-order valence-corrected chi connectivity index (χ3v) is 5.07. The molecule has 2 rings (SSSR count). The van der Waals surface area contributed by atoms with Gasteiger partial charge in [-0.05, 0) is 29.1 Å². The van der Waals surface area contributed by atoms with Gasteiger partial charge in [0.15, 0.2) is 5.96 Å². The van der Waals surface area contributed by atoms with Crippen LogP contribution in [0.3, 0.4) is 0 Å². The molecule has 0 aliphatic carbocycles. The van der Waals surface area contributed by atoms with Gasteiger partial charge in [-0.3, -0.25) is 4.99 Å². The second-order valence-electron chi connectivity index (χ2n) is 6.56. The summed E-state index contributed by atoms with van der Waals surface area (Å²) in [5.74, 6) is 1.76. The summed E-state index contributed by atoms with van der Waals surface area (Å²) in [6.45, 7) is 6.02. The highest BCUT2D eigenvalue weighted by molar-refractivity contribution is 7.10. The smallest absolute Gasteiger partial charge is 0.191 e. The number of aromatic nitrogens is 1. The van der Waals surface area contributed by atoms with Gasteiger partial charge in [0.05, 0.1) is 0 Å². The normalized spacial score (nSPS) is 12.1. The van der Waals surface area contributed by atoms with E-state index in [0.717, 1.165) is 18.3 Å². The molecule has 0 radical (unpaired) electrons. The molecule has 2 aromatic heterocycles. The second-order valence-corrected chi connectivity index (χ2v) is 7.50. The fourth-order valence-electron chi connectivity index (χ4n) is 2.28. The molecule has 0 aromatic carbocycles. The lowest BCUT2D eigenvalue weighted by atomic mass is 9.91. The van der Waals surface area contributed by atoms with E-state index in [2.05, 4.69) is 58.0 Å². The Morgan fingerprint density at radius 2 is 2.08 bits per heavy atom. The highest BCUT2D eigenvalue weighted by atomic mass is 32.1. The van der Waals surface area contributed by atoms with E-state index in [4.69, 9.17) is 0 Å². The zero-order valence-corrected chi connectivity index (χ0v) is 15.9. The first-order valence-electron chi connectivity index (χ1n) is 8.03. The Hall–Kier alpha value is -2.08. The van der Waals surface area contributed by atoms with Crippen LogP contribution in [0.25, 0.3) is 0 Å². The Labute approximate surface area is 148 Å². The molecule has 6 heteroatoms. The van der Waals surface area contributed by atoms with Gasteiger partial charge in [-0.2, -0.15) is 0 Å². The van der Waals surface area contributed by atoms with Gasteiger partial charge in [0.1, 0.15) is 5.82 Å². The van der Waals surface area contributed by atoms with Crippen LogP contribution in [0.1, 0.15) is 24.3 Å². The largest absolute Gasteiger partial charge is 0.363 e. The van der Waals surface area contributed by atoms with Gasteiger partial charge < -0.3 is 15.5 Å². The summed E-state index contributed by atoms with van der Waals surface area (Å²) in [6.07, 6.45) is 1.84. The summed E-state index contributed by atoms with van der Waals surface area (Å²) in [5, 5.41) is 8.91. The van der Waals surface area contributed by atoms with Crippen molar-refractivity contribution in [1.82, 2.24) is 15.6 Å². The summed E-state index contributed by atoms with van der Waals surface area (Å²) < 4.78 is 0. The van der Waals surface area contributed by atoms with Gasteiger partial charge >= 0.3 is 0 Å².